The first-order valence-electron chi connectivity index (χ1n) is 19.8. The highest BCUT2D eigenvalue weighted by Crippen LogP contribution is 2.62. The summed E-state index contributed by atoms with van der Waals surface area (Å²) in [4.78, 5) is 12.9. The maximum Gasteiger partial charge on any atom is 0.160 e. The molecular formula is C55H34N2S. The van der Waals surface area contributed by atoms with Crippen molar-refractivity contribution in [1.29, 1.82) is 0 Å². The molecule has 10 aromatic rings. The fourth-order valence-electron chi connectivity index (χ4n) is 9.51. The summed E-state index contributed by atoms with van der Waals surface area (Å²) in [6, 6.07) is 75.0. The minimum atomic E-state index is -0.368. The molecule has 270 valence electrons. The van der Waals surface area contributed by atoms with Crippen molar-refractivity contribution in [3.8, 4) is 56.2 Å². The highest BCUT2D eigenvalue weighted by molar-refractivity contribution is 7.99. The predicted octanol–water partition coefficient (Wildman–Crippen LogP) is 14.3. The van der Waals surface area contributed by atoms with Crippen LogP contribution in [-0.2, 0) is 5.41 Å². The van der Waals surface area contributed by atoms with Gasteiger partial charge in [-0.25, -0.2) is 9.97 Å². The molecule has 2 nitrogen and oxygen atoms in total. The molecule has 0 saturated carbocycles. The van der Waals surface area contributed by atoms with Crippen LogP contribution in [0.4, 0.5) is 0 Å². The van der Waals surface area contributed by atoms with Crippen molar-refractivity contribution >= 4 is 33.3 Å². The number of nitrogens with zero attached hydrogens (tertiary/aromatic N) is 2. The number of rotatable bonds is 4. The van der Waals surface area contributed by atoms with Crippen molar-refractivity contribution in [3.05, 3.63) is 229 Å². The van der Waals surface area contributed by atoms with E-state index < -0.39 is 0 Å². The van der Waals surface area contributed by atoms with Crippen molar-refractivity contribution in [1.82, 2.24) is 9.97 Å². The Kier molecular flexibility index (Phi) is 7.41. The van der Waals surface area contributed by atoms with Crippen LogP contribution in [0.15, 0.2) is 216 Å². The molecule has 12 rings (SSSR count). The Balaban J connectivity index is 0.950. The molecule has 0 bridgehead atoms. The summed E-state index contributed by atoms with van der Waals surface area (Å²) in [5, 5.41) is 4.94. The average molecular weight is 755 g/mol. The predicted molar refractivity (Wildman–Crippen MR) is 240 cm³/mol. The van der Waals surface area contributed by atoms with E-state index in [9.17, 15) is 0 Å². The van der Waals surface area contributed by atoms with Crippen LogP contribution < -0.4 is 0 Å². The SMILES string of the molecule is c1ccc(-c2nc(-c3ccc(-c4ccc5c(c4)Sc4ccccc4C54c5ccccc5-c5ccccc54)cc3)cc(-c3ccc4c(ccc5ccccc54)c3)n2)cc1. The Morgan fingerprint density at radius 2 is 0.897 bits per heavy atom. The summed E-state index contributed by atoms with van der Waals surface area (Å²) >= 11 is 1.88. The Morgan fingerprint density at radius 3 is 1.69 bits per heavy atom. The van der Waals surface area contributed by atoms with Gasteiger partial charge in [0.25, 0.3) is 0 Å². The summed E-state index contributed by atoms with van der Waals surface area (Å²) in [6.45, 7) is 0. The maximum absolute atomic E-state index is 5.15. The third kappa shape index (κ3) is 5.00. The molecule has 0 radical (unpaired) electrons. The van der Waals surface area contributed by atoms with Gasteiger partial charge in [0.1, 0.15) is 0 Å². The quantitative estimate of drug-likeness (QED) is 0.167. The average Bonchev–Trinajstić information content (AvgIpc) is 3.59. The molecule has 1 spiro atoms. The second kappa shape index (κ2) is 13.0. The van der Waals surface area contributed by atoms with Crippen LogP contribution in [0.5, 0.6) is 0 Å². The zero-order chi connectivity index (χ0) is 38.2. The van der Waals surface area contributed by atoms with Crippen LogP contribution in [0.2, 0.25) is 0 Å². The highest BCUT2D eigenvalue weighted by Gasteiger charge is 2.50. The van der Waals surface area contributed by atoms with E-state index in [1.807, 2.05) is 30.0 Å². The molecule has 1 aromatic heterocycles. The van der Waals surface area contributed by atoms with Gasteiger partial charge in [0.05, 0.1) is 16.8 Å². The molecule has 0 unspecified atom stereocenters. The number of fused-ring (bicyclic) bond motifs is 12. The van der Waals surface area contributed by atoms with Gasteiger partial charge in [0.2, 0.25) is 0 Å². The van der Waals surface area contributed by atoms with Gasteiger partial charge in [0.15, 0.2) is 5.82 Å². The van der Waals surface area contributed by atoms with Crippen molar-refractivity contribution in [2.24, 2.45) is 0 Å². The van der Waals surface area contributed by atoms with Gasteiger partial charge in [-0.3, -0.25) is 0 Å². The molecule has 2 aliphatic rings. The smallest absolute Gasteiger partial charge is 0.160 e. The molecule has 58 heavy (non-hydrogen) atoms. The number of hydrogen-bond acceptors (Lipinski definition) is 3. The van der Waals surface area contributed by atoms with Crippen molar-refractivity contribution in [2.75, 3.05) is 0 Å². The first kappa shape index (κ1) is 33.1. The summed E-state index contributed by atoms with van der Waals surface area (Å²) in [5.74, 6) is 0.715. The van der Waals surface area contributed by atoms with Gasteiger partial charge in [-0.15, -0.1) is 0 Å². The Morgan fingerprint density at radius 1 is 0.328 bits per heavy atom. The summed E-state index contributed by atoms with van der Waals surface area (Å²) in [6.07, 6.45) is 0. The molecule has 1 aliphatic heterocycles. The molecular weight excluding hydrogens is 721 g/mol. The van der Waals surface area contributed by atoms with Crippen LogP contribution in [-0.4, -0.2) is 9.97 Å². The lowest BCUT2D eigenvalue weighted by Gasteiger charge is -2.39. The summed E-state index contributed by atoms with van der Waals surface area (Å²) in [5.41, 5.74) is 15.0. The van der Waals surface area contributed by atoms with Crippen molar-refractivity contribution < 1.29 is 0 Å². The molecule has 9 aromatic carbocycles. The molecule has 0 atom stereocenters. The fraction of sp³-hybridized carbons (Fsp3) is 0.0182. The number of aromatic nitrogens is 2. The third-order valence-corrected chi connectivity index (χ3v) is 13.3. The van der Waals surface area contributed by atoms with Gasteiger partial charge in [-0.1, -0.05) is 194 Å². The number of hydrogen-bond donors (Lipinski definition) is 0. The van der Waals surface area contributed by atoms with Gasteiger partial charge in [-0.2, -0.15) is 0 Å². The maximum atomic E-state index is 5.15. The van der Waals surface area contributed by atoms with Crippen molar-refractivity contribution in [2.45, 2.75) is 15.2 Å². The normalized spacial score (nSPS) is 13.2. The first-order valence-corrected chi connectivity index (χ1v) is 20.6. The number of benzene rings is 9. The van der Waals surface area contributed by atoms with Crippen LogP contribution in [0.1, 0.15) is 22.3 Å². The van der Waals surface area contributed by atoms with E-state index in [0.29, 0.717) is 5.82 Å². The lowest BCUT2D eigenvalue weighted by Crippen LogP contribution is -2.31. The minimum absolute atomic E-state index is 0.368. The molecule has 3 heteroatoms. The van der Waals surface area contributed by atoms with E-state index in [4.69, 9.17) is 9.97 Å². The fourth-order valence-corrected chi connectivity index (χ4v) is 10.7. The van der Waals surface area contributed by atoms with Crippen LogP contribution >= 0.6 is 11.8 Å². The van der Waals surface area contributed by atoms with Crippen LogP contribution in [0.3, 0.4) is 0 Å². The van der Waals surface area contributed by atoms with Gasteiger partial charge >= 0.3 is 0 Å². The molecule has 1 aliphatic carbocycles. The van der Waals surface area contributed by atoms with E-state index in [1.54, 1.807) is 0 Å². The van der Waals surface area contributed by atoms with Crippen LogP contribution in [0, 0.1) is 0 Å². The van der Waals surface area contributed by atoms with E-state index >= 15 is 0 Å². The van der Waals surface area contributed by atoms with E-state index in [-0.39, 0.29) is 5.41 Å². The third-order valence-electron chi connectivity index (χ3n) is 12.2. The topological polar surface area (TPSA) is 25.8 Å². The second-order valence-electron chi connectivity index (χ2n) is 15.3. The molecule has 0 saturated heterocycles. The van der Waals surface area contributed by atoms with E-state index in [0.717, 1.165) is 28.1 Å². The summed E-state index contributed by atoms with van der Waals surface area (Å²) in [7, 11) is 0. The first-order chi connectivity index (χ1) is 28.7. The molecule has 0 amide bonds. The van der Waals surface area contributed by atoms with Gasteiger partial charge in [-0.05, 0) is 90.3 Å². The van der Waals surface area contributed by atoms with Gasteiger partial charge in [0, 0.05) is 26.5 Å². The second-order valence-corrected chi connectivity index (χ2v) is 16.4. The zero-order valence-electron chi connectivity index (χ0n) is 31.4. The molecule has 0 N–H and O–H groups in total. The Hall–Kier alpha value is -7.07. The lowest BCUT2D eigenvalue weighted by atomic mass is 9.67. The largest absolute Gasteiger partial charge is 0.228 e. The van der Waals surface area contributed by atoms with Gasteiger partial charge < -0.3 is 0 Å². The Labute approximate surface area is 341 Å². The molecule has 2 heterocycles. The minimum Gasteiger partial charge on any atom is -0.228 e. The van der Waals surface area contributed by atoms with E-state index in [1.165, 1.54) is 75.8 Å². The van der Waals surface area contributed by atoms with E-state index in [2.05, 4.69) is 188 Å². The van der Waals surface area contributed by atoms with Crippen LogP contribution in [0.25, 0.3) is 77.7 Å². The lowest BCUT2D eigenvalue weighted by molar-refractivity contribution is 0.722. The molecule has 0 fully saturated rings. The Bertz CT molecular complexity index is 3210. The zero-order valence-corrected chi connectivity index (χ0v) is 32.2. The summed E-state index contributed by atoms with van der Waals surface area (Å²) < 4.78 is 0. The standard InChI is InChI=1S/C55H34N2S/c1-2-13-38(14-3-1)54-56-50(34-51(57-54)41-28-30-43-40(32-41)27-24-36-12-4-5-15-42(36)43)37-25-22-35(23-26-37)39-29-31-49-53(33-39)58-52-21-11-10-20-48(52)55(49)46-18-8-6-16-44(46)45-17-7-9-19-47(45)55/h1-34H. The monoisotopic (exact) mass is 754 g/mol. The highest BCUT2D eigenvalue weighted by atomic mass is 32.2. The van der Waals surface area contributed by atoms with Crippen molar-refractivity contribution in [3.63, 3.8) is 0 Å².